The smallest absolute Gasteiger partial charge is 0.356 e. The van der Waals surface area contributed by atoms with Crippen LogP contribution in [0.15, 0.2) is 89.4 Å². The van der Waals surface area contributed by atoms with Gasteiger partial charge >= 0.3 is 11.9 Å². The predicted octanol–water partition coefficient (Wildman–Crippen LogP) is 4.92. The number of carbonyl (C=O) groups excluding carboxylic acids is 4. The number of benzene rings is 2. The summed E-state index contributed by atoms with van der Waals surface area (Å²) in [6, 6.07) is 22.2. The van der Waals surface area contributed by atoms with E-state index in [1.54, 1.807) is 0 Å². The van der Waals surface area contributed by atoms with Crippen LogP contribution in [-0.2, 0) is 35.1 Å². The molecule has 1 saturated heterocycles. The van der Waals surface area contributed by atoms with Gasteiger partial charge in [-0.25, -0.2) is 9.59 Å². The standard InChI is InChI=1S/C29H24BrNO6S2/c30-13-14-36-28(34)21-17-39-27-23(22(32)16-20-12-7-15-38-20)26(33)31(27)24(21)29(35)37-25(18-8-3-1-4-9-18)19-10-5-2-6-11-19/h1-12,15,23,25,27H,13-14,16-17H2/t23?,27-/m0/s1. The van der Waals surface area contributed by atoms with Crippen molar-refractivity contribution < 1.29 is 28.7 Å². The minimum absolute atomic E-state index is 0.0552. The van der Waals surface area contributed by atoms with E-state index in [2.05, 4.69) is 15.9 Å². The first kappa shape index (κ1) is 27.4. The number of hydrogen-bond donors (Lipinski definition) is 0. The lowest BCUT2D eigenvalue weighted by atomic mass is 9.89. The highest BCUT2D eigenvalue weighted by Crippen LogP contribution is 2.45. The van der Waals surface area contributed by atoms with Gasteiger partial charge in [0, 0.05) is 22.4 Å². The van der Waals surface area contributed by atoms with Crippen molar-refractivity contribution in [3.8, 4) is 0 Å². The van der Waals surface area contributed by atoms with Crippen molar-refractivity contribution in [1.82, 2.24) is 4.90 Å². The Morgan fingerprint density at radius 1 is 0.949 bits per heavy atom. The molecule has 0 spiro atoms. The Morgan fingerprint density at radius 3 is 2.21 bits per heavy atom. The quantitative estimate of drug-likeness (QED) is 0.137. The minimum Gasteiger partial charge on any atom is -0.461 e. The maximum Gasteiger partial charge on any atom is 0.356 e. The number of rotatable bonds is 10. The van der Waals surface area contributed by atoms with Gasteiger partial charge in [-0.2, -0.15) is 0 Å². The zero-order valence-electron chi connectivity index (χ0n) is 20.7. The SMILES string of the molecule is O=C(OCCBr)C1=C(C(=O)OC(c2ccccc2)c2ccccc2)N2C(=O)C(C(=O)Cc3cccs3)[C@@H]2SC1. The molecule has 0 N–H and O–H groups in total. The van der Waals surface area contributed by atoms with Crippen molar-refractivity contribution in [3.05, 3.63) is 105 Å². The van der Waals surface area contributed by atoms with Gasteiger partial charge in [0.15, 0.2) is 11.9 Å². The van der Waals surface area contributed by atoms with Gasteiger partial charge in [-0.15, -0.1) is 23.1 Å². The number of ether oxygens (including phenoxy) is 2. The second kappa shape index (κ2) is 12.3. The predicted molar refractivity (Wildman–Crippen MR) is 152 cm³/mol. The molecule has 3 heterocycles. The molecule has 10 heteroatoms. The summed E-state index contributed by atoms with van der Waals surface area (Å²) < 4.78 is 11.3. The maximum atomic E-state index is 13.8. The molecule has 5 rings (SSSR count). The highest BCUT2D eigenvalue weighted by molar-refractivity contribution is 9.09. The maximum absolute atomic E-state index is 13.8. The van der Waals surface area contributed by atoms with Gasteiger partial charge in [0.2, 0.25) is 5.91 Å². The lowest BCUT2D eigenvalue weighted by Gasteiger charge is -2.48. The van der Waals surface area contributed by atoms with E-state index in [0.717, 1.165) is 16.0 Å². The van der Waals surface area contributed by atoms with Gasteiger partial charge in [-0.1, -0.05) is 82.7 Å². The molecule has 2 atom stereocenters. The molecule has 7 nitrogen and oxygen atoms in total. The van der Waals surface area contributed by atoms with E-state index in [1.807, 2.05) is 78.2 Å². The zero-order valence-corrected chi connectivity index (χ0v) is 23.9. The van der Waals surface area contributed by atoms with Gasteiger partial charge in [0.25, 0.3) is 0 Å². The Morgan fingerprint density at radius 2 is 1.62 bits per heavy atom. The lowest BCUT2D eigenvalue weighted by molar-refractivity contribution is -0.159. The number of Topliss-reactive ketones (excluding diaryl/α,β-unsaturated/α-hetero) is 1. The van der Waals surface area contributed by atoms with Crippen LogP contribution in [-0.4, -0.2) is 51.6 Å². The monoisotopic (exact) mass is 625 g/mol. The van der Waals surface area contributed by atoms with Crippen LogP contribution in [0, 0.1) is 5.92 Å². The van der Waals surface area contributed by atoms with Crippen molar-refractivity contribution in [2.24, 2.45) is 5.92 Å². The molecule has 1 aromatic heterocycles. The molecule has 0 radical (unpaired) electrons. The Bertz CT molecular complexity index is 1350. The van der Waals surface area contributed by atoms with Crippen LogP contribution in [0.2, 0.25) is 0 Å². The number of hydrogen-bond acceptors (Lipinski definition) is 8. The third-order valence-electron chi connectivity index (χ3n) is 6.42. The van der Waals surface area contributed by atoms with Crippen LogP contribution >= 0.6 is 39.0 Å². The number of alkyl halides is 1. The highest BCUT2D eigenvalue weighted by atomic mass is 79.9. The van der Waals surface area contributed by atoms with Crippen molar-refractivity contribution in [1.29, 1.82) is 0 Å². The van der Waals surface area contributed by atoms with Crippen LogP contribution in [0.25, 0.3) is 0 Å². The normalized spacial score (nSPS) is 18.4. The number of thioether (sulfide) groups is 1. The number of carbonyl (C=O) groups is 4. The van der Waals surface area contributed by atoms with Gasteiger partial charge < -0.3 is 9.47 Å². The molecule has 0 aliphatic carbocycles. The topological polar surface area (TPSA) is 90.0 Å². The lowest BCUT2D eigenvalue weighted by Crippen LogP contribution is -2.64. The van der Waals surface area contributed by atoms with Crippen molar-refractivity contribution in [2.45, 2.75) is 17.9 Å². The van der Waals surface area contributed by atoms with E-state index in [4.69, 9.17) is 9.47 Å². The Hall–Kier alpha value is -3.21. The number of amides is 1. The van der Waals surface area contributed by atoms with Crippen LogP contribution in [0.3, 0.4) is 0 Å². The largest absolute Gasteiger partial charge is 0.461 e. The highest BCUT2D eigenvalue weighted by Gasteiger charge is 2.57. The summed E-state index contributed by atoms with van der Waals surface area (Å²) in [4.78, 5) is 55.4. The van der Waals surface area contributed by atoms with Gasteiger partial charge in [-0.05, 0) is 22.6 Å². The van der Waals surface area contributed by atoms with E-state index in [-0.39, 0.29) is 35.8 Å². The molecule has 0 saturated carbocycles. The van der Waals surface area contributed by atoms with Gasteiger partial charge in [0.1, 0.15) is 23.6 Å². The number of fused-ring (bicyclic) bond motifs is 1. The Balaban J connectivity index is 1.46. The van der Waals surface area contributed by atoms with Crippen LogP contribution in [0.4, 0.5) is 0 Å². The minimum atomic E-state index is -0.890. The molecular formula is C29H24BrNO6S2. The summed E-state index contributed by atoms with van der Waals surface area (Å²) >= 11 is 5.96. The number of esters is 2. The summed E-state index contributed by atoms with van der Waals surface area (Å²) in [6.07, 6.45) is -0.625. The third-order valence-corrected chi connectivity index (χ3v) is 8.90. The van der Waals surface area contributed by atoms with E-state index in [1.165, 1.54) is 28.0 Å². The first-order chi connectivity index (χ1) is 19.0. The average Bonchev–Trinajstić information content (AvgIpc) is 3.47. The summed E-state index contributed by atoms with van der Waals surface area (Å²) in [7, 11) is 0. The van der Waals surface area contributed by atoms with Gasteiger partial charge in [-0.3, -0.25) is 14.5 Å². The van der Waals surface area contributed by atoms with E-state index in [9.17, 15) is 19.2 Å². The Kier molecular flexibility index (Phi) is 8.64. The second-order valence-electron chi connectivity index (χ2n) is 8.87. The fraction of sp³-hybridized carbons (Fsp3) is 0.241. The van der Waals surface area contributed by atoms with Gasteiger partial charge in [0.05, 0.1) is 5.57 Å². The summed E-state index contributed by atoms with van der Waals surface area (Å²) in [6.45, 7) is 0.102. The number of β-lactam (4-membered cyclic amide) rings is 1. The third kappa shape index (κ3) is 5.73. The summed E-state index contributed by atoms with van der Waals surface area (Å²) in [5.41, 5.74) is 1.38. The van der Waals surface area contributed by atoms with Crippen LogP contribution < -0.4 is 0 Å². The number of ketones is 1. The molecule has 1 unspecified atom stereocenters. The molecule has 1 fully saturated rings. The van der Waals surface area contributed by atoms with Crippen LogP contribution in [0.1, 0.15) is 22.1 Å². The van der Waals surface area contributed by atoms with Crippen molar-refractivity contribution in [2.75, 3.05) is 17.7 Å². The summed E-state index contributed by atoms with van der Waals surface area (Å²) in [5.74, 6) is -3.00. The molecular weight excluding hydrogens is 602 g/mol. The molecule has 2 aliphatic rings. The fourth-order valence-electron chi connectivity index (χ4n) is 4.59. The molecule has 3 aromatic rings. The zero-order chi connectivity index (χ0) is 27.4. The molecule has 200 valence electrons. The molecule has 0 bridgehead atoms. The number of halogens is 1. The van der Waals surface area contributed by atoms with Crippen LogP contribution in [0.5, 0.6) is 0 Å². The molecule has 1 amide bonds. The average molecular weight is 627 g/mol. The molecule has 39 heavy (non-hydrogen) atoms. The van der Waals surface area contributed by atoms with Crippen molar-refractivity contribution in [3.63, 3.8) is 0 Å². The fourth-order valence-corrected chi connectivity index (χ4v) is 6.88. The van der Waals surface area contributed by atoms with Crippen molar-refractivity contribution >= 4 is 62.7 Å². The molecule has 2 aromatic carbocycles. The Labute approximate surface area is 242 Å². The van der Waals surface area contributed by atoms with E-state index < -0.39 is 35.2 Å². The molecule has 2 aliphatic heterocycles. The number of nitrogens with zero attached hydrogens (tertiary/aromatic N) is 1. The first-order valence-corrected chi connectivity index (χ1v) is 15.3. The number of thiophene rings is 1. The van der Waals surface area contributed by atoms with E-state index in [0.29, 0.717) is 5.33 Å². The van der Waals surface area contributed by atoms with E-state index >= 15 is 0 Å². The summed E-state index contributed by atoms with van der Waals surface area (Å²) in [5, 5.41) is 1.71. The second-order valence-corrected chi connectivity index (χ2v) is 11.8. The first-order valence-electron chi connectivity index (χ1n) is 12.3.